The van der Waals surface area contributed by atoms with Crippen molar-refractivity contribution in [1.82, 2.24) is 5.32 Å². The van der Waals surface area contributed by atoms with Crippen LogP contribution in [0.3, 0.4) is 0 Å². The SMILES string of the molecule is CO/N=C/C(=O)NC1CC1. The van der Waals surface area contributed by atoms with Crippen molar-refractivity contribution in [1.29, 1.82) is 0 Å². The molecule has 56 valence electrons. The zero-order valence-corrected chi connectivity index (χ0v) is 5.83. The number of oxime groups is 1. The number of hydrogen-bond donors (Lipinski definition) is 1. The van der Waals surface area contributed by atoms with E-state index in [-0.39, 0.29) is 5.91 Å². The van der Waals surface area contributed by atoms with Gasteiger partial charge in [0.05, 0.1) is 0 Å². The molecule has 0 aromatic heterocycles. The van der Waals surface area contributed by atoms with Gasteiger partial charge in [0.1, 0.15) is 13.3 Å². The molecule has 0 atom stereocenters. The average molecular weight is 142 g/mol. The fourth-order valence-electron chi connectivity index (χ4n) is 0.567. The van der Waals surface area contributed by atoms with E-state index in [1.807, 2.05) is 0 Å². The third kappa shape index (κ3) is 2.48. The van der Waals surface area contributed by atoms with E-state index in [1.165, 1.54) is 7.11 Å². The molecule has 1 rings (SSSR count). The van der Waals surface area contributed by atoms with Crippen LogP contribution < -0.4 is 5.32 Å². The highest BCUT2D eigenvalue weighted by Gasteiger charge is 2.22. The smallest absolute Gasteiger partial charge is 0.266 e. The molecule has 0 spiro atoms. The Balaban J connectivity index is 2.13. The van der Waals surface area contributed by atoms with E-state index in [4.69, 9.17) is 0 Å². The van der Waals surface area contributed by atoms with Gasteiger partial charge in [-0.2, -0.15) is 0 Å². The standard InChI is InChI=1S/C6H10N2O2/c1-10-7-4-6(9)8-5-2-3-5/h4-5H,2-3H2,1H3,(H,8,9)/b7-4+. The van der Waals surface area contributed by atoms with Gasteiger partial charge in [-0.05, 0) is 12.8 Å². The molecule has 0 aromatic carbocycles. The second kappa shape index (κ2) is 3.20. The van der Waals surface area contributed by atoms with Crippen LogP contribution >= 0.6 is 0 Å². The molecule has 0 radical (unpaired) electrons. The third-order valence-corrected chi connectivity index (χ3v) is 1.20. The van der Waals surface area contributed by atoms with E-state index in [0.717, 1.165) is 19.1 Å². The number of hydrogen-bond acceptors (Lipinski definition) is 3. The first-order valence-electron chi connectivity index (χ1n) is 3.20. The molecule has 4 nitrogen and oxygen atoms in total. The summed E-state index contributed by atoms with van der Waals surface area (Å²) in [4.78, 5) is 15.0. The second-order valence-electron chi connectivity index (χ2n) is 2.20. The summed E-state index contributed by atoms with van der Waals surface area (Å²) in [6.45, 7) is 0. The second-order valence-corrected chi connectivity index (χ2v) is 2.20. The zero-order chi connectivity index (χ0) is 7.40. The topological polar surface area (TPSA) is 50.7 Å². The van der Waals surface area contributed by atoms with E-state index >= 15 is 0 Å². The summed E-state index contributed by atoms with van der Waals surface area (Å²) in [6.07, 6.45) is 3.32. The number of carbonyl (C=O) groups excluding carboxylic acids is 1. The summed E-state index contributed by atoms with van der Waals surface area (Å²) in [5, 5.41) is 6.04. The van der Waals surface area contributed by atoms with Crippen LogP contribution in [0.5, 0.6) is 0 Å². The zero-order valence-electron chi connectivity index (χ0n) is 5.83. The van der Waals surface area contributed by atoms with E-state index in [9.17, 15) is 4.79 Å². The molecule has 1 aliphatic rings. The van der Waals surface area contributed by atoms with E-state index in [2.05, 4.69) is 15.3 Å². The van der Waals surface area contributed by atoms with Crippen LogP contribution in [-0.4, -0.2) is 25.3 Å². The van der Waals surface area contributed by atoms with Crippen LogP contribution in [0.4, 0.5) is 0 Å². The summed E-state index contributed by atoms with van der Waals surface area (Å²) in [6, 6.07) is 0.385. The summed E-state index contributed by atoms with van der Waals surface area (Å²) in [7, 11) is 1.40. The van der Waals surface area contributed by atoms with Crippen LogP contribution in [0.15, 0.2) is 5.16 Å². The maximum Gasteiger partial charge on any atom is 0.266 e. The van der Waals surface area contributed by atoms with Crippen molar-refractivity contribution < 1.29 is 9.63 Å². The quantitative estimate of drug-likeness (QED) is 0.442. The molecular formula is C6H10N2O2. The molecule has 0 aliphatic heterocycles. The highest BCUT2D eigenvalue weighted by atomic mass is 16.6. The Morgan fingerprint density at radius 1 is 1.80 bits per heavy atom. The van der Waals surface area contributed by atoms with E-state index in [0.29, 0.717) is 6.04 Å². The molecule has 10 heavy (non-hydrogen) atoms. The van der Waals surface area contributed by atoms with Gasteiger partial charge >= 0.3 is 0 Å². The van der Waals surface area contributed by atoms with Crippen LogP contribution in [-0.2, 0) is 9.63 Å². The van der Waals surface area contributed by atoms with Crippen molar-refractivity contribution in [3.63, 3.8) is 0 Å². The van der Waals surface area contributed by atoms with Crippen LogP contribution in [0.25, 0.3) is 0 Å². The molecule has 1 saturated carbocycles. The lowest BCUT2D eigenvalue weighted by Gasteiger charge is -1.94. The molecule has 1 amide bonds. The van der Waals surface area contributed by atoms with E-state index < -0.39 is 0 Å². The predicted octanol–water partition coefficient (Wildman–Crippen LogP) is -0.103. The largest absolute Gasteiger partial charge is 0.399 e. The van der Waals surface area contributed by atoms with Gasteiger partial charge in [0, 0.05) is 6.04 Å². The van der Waals surface area contributed by atoms with Gasteiger partial charge in [0.2, 0.25) is 0 Å². The minimum absolute atomic E-state index is 0.177. The third-order valence-electron chi connectivity index (χ3n) is 1.20. The molecule has 0 saturated heterocycles. The molecule has 0 heterocycles. The van der Waals surface area contributed by atoms with Gasteiger partial charge < -0.3 is 10.2 Å². The lowest BCUT2D eigenvalue weighted by molar-refractivity contribution is -0.114. The predicted molar refractivity (Wildman–Crippen MR) is 36.7 cm³/mol. The van der Waals surface area contributed by atoms with Gasteiger partial charge in [-0.25, -0.2) is 0 Å². The summed E-state index contributed by atoms with van der Waals surface area (Å²) in [5.74, 6) is -0.177. The highest BCUT2D eigenvalue weighted by Crippen LogP contribution is 2.17. The van der Waals surface area contributed by atoms with Crippen LogP contribution in [0.1, 0.15) is 12.8 Å². The van der Waals surface area contributed by atoms with Crippen molar-refractivity contribution in [2.24, 2.45) is 5.16 Å². The Kier molecular flexibility index (Phi) is 2.25. The lowest BCUT2D eigenvalue weighted by Crippen LogP contribution is -2.26. The highest BCUT2D eigenvalue weighted by molar-refractivity contribution is 6.26. The van der Waals surface area contributed by atoms with Crippen molar-refractivity contribution >= 4 is 12.1 Å². The molecule has 1 aliphatic carbocycles. The van der Waals surface area contributed by atoms with Gasteiger partial charge in [0.15, 0.2) is 0 Å². The molecule has 0 bridgehead atoms. The average Bonchev–Trinajstić information content (AvgIpc) is 2.67. The van der Waals surface area contributed by atoms with E-state index in [1.54, 1.807) is 0 Å². The summed E-state index contributed by atoms with van der Waals surface area (Å²) in [5.41, 5.74) is 0. The van der Waals surface area contributed by atoms with Crippen LogP contribution in [0.2, 0.25) is 0 Å². The van der Waals surface area contributed by atoms with Gasteiger partial charge in [-0.15, -0.1) is 0 Å². The molecule has 1 fully saturated rings. The molecular weight excluding hydrogens is 132 g/mol. The first kappa shape index (κ1) is 7.05. The molecule has 0 unspecified atom stereocenters. The minimum Gasteiger partial charge on any atom is -0.399 e. The number of carbonyl (C=O) groups is 1. The van der Waals surface area contributed by atoms with Gasteiger partial charge in [-0.1, -0.05) is 5.16 Å². The fraction of sp³-hybridized carbons (Fsp3) is 0.667. The Labute approximate surface area is 59.2 Å². The van der Waals surface area contributed by atoms with Crippen molar-refractivity contribution in [2.75, 3.05) is 7.11 Å². The number of amides is 1. The van der Waals surface area contributed by atoms with Crippen molar-refractivity contribution in [2.45, 2.75) is 18.9 Å². The first-order valence-corrected chi connectivity index (χ1v) is 3.20. The maximum atomic E-state index is 10.7. The Morgan fingerprint density at radius 2 is 2.50 bits per heavy atom. The Bertz CT molecular complexity index is 152. The molecule has 4 heteroatoms. The summed E-state index contributed by atoms with van der Waals surface area (Å²) < 4.78 is 0. The Hall–Kier alpha value is -1.06. The Morgan fingerprint density at radius 3 is 3.00 bits per heavy atom. The minimum atomic E-state index is -0.177. The molecule has 1 N–H and O–H groups in total. The van der Waals surface area contributed by atoms with Crippen LogP contribution in [0, 0.1) is 0 Å². The van der Waals surface area contributed by atoms with Crippen molar-refractivity contribution in [3.8, 4) is 0 Å². The first-order chi connectivity index (χ1) is 4.83. The van der Waals surface area contributed by atoms with Gasteiger partial charge in [0.25, 0.3) is 5.91 Å². The normalized spacial score (nSPS) is 17.3. The van der Waals surface area contributed by atoms with Gasteiger partial charge in [-0.3, -0.25) is 4.79 Å². The van der Waals surface area contributed by atoms with Crippen molar-refractivity contribution in [3.05, 3.63) is 0 Å². The number of rotatable bonds is 3. The maximum absolute atomic E-state index is 10.7. The molecule has 0 aromatic rings. The summed E-state index contributed by atoms with van der Waals surface area (Å²) >= 11 is 0. The monoisotopic (exact) mass is 142 g/mol. The number of nitrogens with zero attached hydrogens (tertiary/aromatic N) is 1. The lowest BCUT2D eigenvalue weighted by atomic mass is 10.6. The number of nitrogens with one attached hydrogen (secondary N) is 1. The fourth-order valence-corrected chi connectivity index (χ4v) is 0.567.